The van der Waals surface area contributed by atoms with Crippen molar-refractivity contribution >= 4 is 5.69 Å². The highest BCUT2D eigenvalue weighted by molar-refractivity contribution is 5.39. The monoisotopic (exact) mass is 237 g/mol. The minimum atomic E-state index is -0.356. The Bertz CT molecular complexity index is 407. The maximum absolute atomic E-state index is 10.9. The summed E-state index contributed by atoms with van der Waals surface area (Å²) in [7, 11) is 0. The maximum atomic E-state index is 10.9. The highest BCUT2D eigenvalue weighted by Crippen LogP contribution is 2.23. The average molecular weight is 237 g/mol. The van der Waals surface area contributed by atoms with E-state index in [0.29, 0.717) is 5.56 Å². The molecule has 0 aromatic carbocycles. The van der Waals surface area contributed by atoms with Gasteiger partial charge in [-0.15, -0.1) is 0 Å². The largest absolute Gasteiger partial charge is 0.314 e. The molecule has 0 saturated carbocycles. The topological polar surface area (TPSA) is 68.1 Å². The van der Waals surface area contributed by atoms with Gasteiger partial charge in [0.1, 0.15) is 0 Å². The van der Waals surface area contributed by atoms with Gasteiger partial charge in [-0.1, -0.05) is 13.8 Å². The molecule has 2 unspecified atom stereocenters. The Hall–Kier alpha value is -1.49. The number of aryl methyl sites for hydroxylation is 1. The summed E-state index contributed by atoms with van der Waals surface area (Å²) in [6.45, 7) is 8.69. The summed E-state index contributed by atoms with van der Waals surface area (Å²) >= 11 is 0. The second kappa shape index (κ2) is 5.72. The molecule has 0 spiro atoms. The lowest BCUT2D eigenvalue weighted by molar-refractivity contribution is -0.385. The Labute approximate surface area is 101 Å². The Morgan fingerprint density at radius 2 is 2.18 bits per heavy atom. The molecule has 1 N–H and O–H groups in total. The van der Waals surface area contributed by atoms with Gasteiger partial charge in [-0.3, -0.25) is 15.1 Å². The van der Waals surface area contributed by atoms with Crippen LogP contribution in [0.3, 0.4) is 0 Å². The van der Waals surface area contributed by atoms with Gasteiger partial charge in [0.25, 0.3) is 5.69 Å². The first kappa shape index (κ1) is 13.6. The van der Waals surface area contributed by atoms with Crippen LogP contribution in [-0.4, -0.2) is 22.5 Å². The molecule has 0 aliphatic rings. The van der Waals surface area contributed by atoms with E-state index in [1.165, 1.54) is 0 Å². The van der Waals surface area contributed by atoms with Crippen molar-refractivity contribution in [3.8, 4) is 0 Å². The predicted molar refractivity (Wildman–Crippen MR) is 67.2 cm³/mol. The van der Waals surface area contributed by atoms with Crippen LogP contribution in [0.25, 0.3) is 0 Å². The van der Waals surface area contributed by atoms with Crippen LogP contribution in [0.15, 0.2) is 12.3 Å². The van der Waals surface area contributed by atoms with Gasteiger partial charge in [0.05, 0.1) is 10.6 Å². The Morgan fingerprint density at radius 1 is 1.53 bits per heavy atom. The molecule has 2 atom stereocenters. The van der Waals surface area contributed by atoms with Crippen molar-refractivity contribution < 1.29 is 4.92 Å². The van der Waals surface area contributed by atoms with Crippen LogP contribution < -0.4 is 5.32 Å². The Morgan fingerprint density at radius 3 is 2.71 bits per heavy atom. The molecule has 0 bridgehead atoms. The third-order valence-electron chi connectivity index (χ3n) is 3.04. The molecule has 1 rings (SSSR count). The maximum Gasteiger partial charge on any atom is 0.275 e. The van der Waals surface area contributed by atoms with Crippen LogP contribution in [0.5, 0.6) is 0 Å². The van der Waals surface area contributed by atoms with Gasteiger partial charge in [-0.2, -0.15) is 0 Å². The summed E-state index contributed by atoms with van der Waals surface area (Å²) in [6.07, 6.45) is 1.57. The molecular formula is C12H19N3O2. The molecule has 94 valence electrons. The molecule has 1 heterocycles. The van der Waals surface area contributed by atoms with E-state index in [9.17, 15) is 10.1 Å². The molecule has 17 heavy (non-hydrogen) atoms. The first-order valence-electron chi connectivity index (χ1n) is 5.81. The number of hydrogen-bond acceptors (Lipinski definition) is 4. The summed E-state index contributed by atoms with van der Waals surface area (Å²) < 4.78 is 0. The third kappa shape index (κ3) is 3.23. The Kier molecular flexibility index (Phi) is 4.57. The second-order valence-corrected chi connectivity index (χ2v) is 4.29. The Balaban J connectivity index is 2.99. The number of pyridine rings is 1. The van der Waals surface area contributed by atoms with E-state index in [4.69, 9.17) is 0 Å². The molecule has 0 radical (unpaired) electrons. The zero-order chi connectivity index (χ0) is 13.0. The molecule has 5 heteroatoms. The number of likely N-dealkylation sites (N-methyl/N-ethyl adjacent to an activating group) is 1. The van der Waals surface area contributed by atoms with Gasteiger partial charge < -0.3 is 5.32 Å². The van der Waals surface area contributed by atoms with Crippen molar-refractivity contribution in [2.45, 2.75) is 39.7 Å². The fraction of sp³-hybridized carbons (Fsp3) is 0.583. The average Bonchev–Trinajstić information content (AvgIpc) is 2.28. The van der Waals surface area contributed by atoms with Gasteiger partial charge in [0.2, 0.25) is 0 Å². The smallest absolute Gasteiger partial charge is 0.275 e. The first-order chi connectivity index (χ1) is 7.97. The molecule has 0 amide bonds. The van der Waals surface area contributed by atoms with Crippen molar-refractivity contribution in [3.63, 3.8) is 0 Å². The van der Waals surface area contributed by atoms with Crippen molar-refractivity contribution in [2.75, 3.05) is 6.54 Å². The van der Waals surface area contributed by atoms with Gasteiger partial charge in [0.15, 0.2) is 0 Å². The zero-order valence-corrected chi connectivity index (χ0v) is 10.7. The van der Waals surface area contributed by atoms with Crippen LogP contribution >= 0.6 is 0 Å². The van der Waals surface area contributed by atoms with Crippen molar-refractivity contribution in [1.82, 2.24) is 10.3 Å². The van der Waals surface area contributed by atoms with E-state index in [0.717, 1.165) is 12.2 Å². The number of rotatable bonds is 5. The fourth-order valence-corrected chi connectivity index (χ4v) is 1.73. The van der Waals surface area contributed by atoms with E-state index in [1.54, 1.807) is 19.2 Å². The van der Waals surface area contributed by atoms with Gasteiger partial charge >= 0.3 is 0 Å². The normalized spacial score (nSPS) is 14.4. The molecular weight excluding hydrogens is 218 g/mol. The van der Waals surface area contributed by atoms with Crippen LogP contribution in [-0.2, 0) is 0 Å². The standard InChI is InChI=1S/C12H19N3O2/c1-5-13-10(4)9(3)11-6-12(15(16)17)8(2)7-14-11/h6-7,9-10,13H,5H2,1-4H3. The molecule has 1 aromatic heterocycles. The van der Waals surface area contributed by atoms with E-state index in [-0.39, 0.29) is 22.6 Å². The summed E-state index contributed by atoms with van der Waals surface area (Å²) in [5.74, 6) is 0.147. The lowest BCUT2D eigenvalue weighted by Crippen LogP contribution is -2.31. The van der Waals surface area contributed by atoms with Crippen LogP contribution in [0.2, 0.25) is 0 Å². The number of nitro groups is 1. The molecule has 0 fully saturated rings. The highest BCUT2D eigenvalue weighted by atomic mass is 16.6. The number of nitrogens with zero attached hydrogens (tertiary/aromatic N) is 2. The highest BCUT2D eigenvalue weighted by Gasteiger charge is 2.19. The molecule has 1 aromatic rings. The molecule has 0 aliphatic carbocycles. The summed E-state index contributed by atoms with van der Waals surface area (Å²) in [5, 5.41) is 14.2. The van der Waals surface area contributed by atoms with E-state index in [1.807, 2.05) is 13.8 Å². The van der Waals surface area contributed by atoms with Crippen LogP contribution in [0.1, 0.15) is 37.9 Å². The van der Waals surface area contributed by atoms with E-state index >= 15 is 0 Å². The predicted octanol–water partition coefficient (Wildman–Crippen LogP) is 2.40. The summed E-state index contributed by atoms with van der Waals surface area (Å²) in [6, 6.07) is 1.82. The lowest BCUT2D eigenvalue weighted by Gasteiger charge is -2.20. The molecule has 5 nitrogen and oxygen atoms in total. The van der Waals surface area contributed by atoms with Crippen molar-refractivity contribution in [2.24, 2.45) is 0 Å². The second-order valence-electron chi connectivity index (χ2n) is 4.29. The number of nitrogens with one attached hydrogen (secondary N) is 1. The molecule has 0 saturated heterocycles. The summed E-state index contributed by atoms with van der Waals surface area (Å²) in [5.41, 5.74) is 1.50. The number of aromatic nitrogens is 1. The van der Waals surface area contributed by atoms with Crippen molar-refractivity contribution in [3.05, 3.63) is 33.6 Å². The quantitative estimate of drug-likeness (QED) is 0.630. The van der Waals surface area contributed by atoms with Gasteiger partial charge in [0, 0.05) is 29.8 Å². The zero-order valence-electron chi connectivity index (χ0n) is 10.7. The molecule has 0 aliphatic heterocycles. The first-order valence-corrected chi connectivity index (χ1v) is 5.81. The van der Waals surface area contributed by atoms with Gasteiger partial charge in [-0.25, -0.2) is 0 Å². The van der Waals surface area contributed by atoms with Crippen LogP contribution in [0, 0.1) is 17.0 Å². The van der Waals surface area contributed by atoms with Crippen LogP contribution in [0.4, 0.5) is 5.69 Å². The van der Waals surface area contributed by atoms with Crippen molar-refractivity contribution in [1.29, 1.82) is 0 Å². The number of hydrogen-bond donors (Lipinski definition) is 1. The summed E-state index contributed by atoms with van der Waals surface area (Å²) in [4.78, 5) is 14.8. The minimum absolute atomic E-state index is 0.144. The SMILES string of the molecule is CCNC(C)C(C)c1cc([N+](=O)[O-])c(C)cn1. The third-order valence-corrected chi connectivity index (χ3v) is 3.04. The fourth-order valence-electron chi connectivity index (χ4n) is 1.73. The van der Waals surface area contributed by atoms with Gasteiger partial charge in [-0.05, 0) is 20.4 Å². The minimum Gasteiger partial charge on any atom is -0.314 e. The van der Waals surface area contributed by atoms with E-state index in [2.05, 4.69) is 17.2 Å². The van der Waals surface area contributed by atoms with E-state index < -0.39 is 0 Å². The lowest BCUT2D eigenvalue weighted by atomic mass is 9.98.